The minimum absolute atomic E-state index is 0. The molecule has 64 valence electrons. The molecule has 0 amide bonds. The summed E-state index contributed by atoms with van der Waals surface area (Å²) in [7, 11) is 0. The third-order valence-electron chi connectivity index (χ3n) is 1.85. The number of unbranched alkanes of at least 4 members (excludes halogenated alkanes) is 7. The Morgan fingerprint density at radius 3 is 1.73 bits per heavy atom. The molecule has 0 atom stereocenters. The van der Waals surface area contributed by atoms with Crippen LogP contribution in [0, 0.1) is 6.92 Å². The van der Waals surface area contributed by atoms with Gasteiger partial charge in [0.15, 0.2) is 0 Å². The van der Waals surface area contributed by atoms with E-state index < -0.39 is 0 Å². The molecule has 0 aromatic carbocycles. The van der Waals surface area contributed by atoms with Gasteiger partial charge in [-0.3, -0.25) is 0 Å². The summed E-state index contributed by atoms with van der Waals surface area (Å²) in [6.07, 6.45) is 10.9. The largest absolute Gasteiger partial charge is 0.343 e. The van der Waals surface area contributed by atoms with Gasteiger partial charge >= 0.3 is 0 Å². The van der Waals surface area contributed by atoms with Gasteiger partial charge in [0.05, 0.1) is 0 Å². The molecule has 0 aromatic rings. The first kappa shape index (κ1) is 14.4. The van der Waals surface area contributed by atoms with E-state index in [0.717, 1.165) is 6.42 Å². The van der Waals surface area contributed by atoms with Gasteiger partial charge in [0, 0.05) is 27.3 Å². The van der Waals surface area contributed by atoms with Crippen molar-refractivity contribution < 1.29 is 27.3 Å². The van der Waals surface area contributed by atoms with Crippen LogP contribution >= 0.6 is 0 Å². The molecule has 0 aliphatic carbocycles. The van der Waals surface area contributed by atoms with E-state index in [0.29, 0.717) is 0 Å². The summed E-state index contributed by atoms with van der Waals surface area (Å²) in [5, 5.41) is 0. The van der Waals surface area contributed by atoms with E-state index in [4.69, 9.17) is 0 Å². The second-order valence-corrected chi connectivity index (χ2v) is 2.97. The maximum Gasteiger partial charge on any atom is 0 e. The fourth-order valence-electron chi connectivity index (χ4n) is 1.13. The summed E-state index contributed by atoms with van der Waals surface area (Å²) < 4.78 is 0. The first-order valence-corrected chi connectivity index (χ1v) is 4.71. The van der Waals surface area contributed by atoms with Crippen molar-refractivity contribution in [1.82, 2.24) is 0 Å². The first-order valence-electron chi connectivity index (χ1n) is 4.71. The Labute approximate surface area is 92.3 Å². The van der Waals surface area contributed by atoms with Crippen LogP contribution in [-0.4, -0.2) is 0 Å². The van der Waals surface area contributed by atoms with Crippen LogP contribution in [0.15, 0.2) is 0 Å². The zero-order valence-corrected chi connectivity index (χ0v) is 12.1. The van der Waals surface area contributed by atoms with Crippen LogP contribution in [0.3, 0.4) is 0 Å². The molecule has 0 saturated heterocycles. The van der Waals surface area contributed by atoms with E-state index in [1.54, 1.807) is 0 Å². The SMILES string of the molecule is [CH2-]CCCCCCCCC.[Cd]. The van der Waals surface area contributed by atoms with E-state index in [-0.39, 0.29) is 27.3 Å². The van der Waals surface area contributed by atoms with Crippen LogP contribution in [0.4, 0.5) is 0 Å². The van der Waals surface area contributed by atoms with Crippen molar-refractivity contribution >= 4 is 0 Å². The van der Waals surface area contributed by atoms with Crippen LogP contribution in [0.2, 0.25) is 0 Å². The van der Waals surface area contributed by atoms with E-state index in [2.05, 4.69) is 13.8 Å². The van der Waals surface area contributed by atoms with E-state index in [1.807, 2.05) is 0 Å². The molecule has 0 aliphatic heterocycles. The van der Waals surface area contributed by atoms with Crippen molar-refractivity contribution in [3.63, 3.8) is 0 Å². The Kier molecular flexibility index (Phi) is 17.7. The number of hydrogen-bond donors (Lipinski definition) is 0. The zero-order valence-electron chi connectivity index (χ0n) is 8.07. The third kappa shape index (κ3) is 13.9. The second kappa shape index (κ2) is 13.5. The molecule has 0 saturated carbocycles. The van der Waals surface area contributed by atoms with Crippen LogP contribution < -0.4 is 0 Å². The van der Waals surface area contributed by atoms with Gasteiger partial charge in [-0.2, -0.15) is 6.42 Å². The molecule has 0 spiro atoms. The maximum atomic E-state index is 3.82. The average Bonchev–Trinajstić information content (AvgIpc) is 1.97. The standard InChI is InChI=1S/C10H21.Cd/c1-3-5-7-9-10-8-6-4-2;/h1,3-10H2,2H3;/q-1;. The molecule has 1 heteroatoms. The Morgan fingerprint density at radius 2 is 1.27 bits per heavy atom. The Morgan fingerprint density at radius 1 is 0.818 bits per heavy atom. The fourth-order valence-corrected chi connectivity index (χ4v) is 1.13. The molecule has 0 heterocycles. The summed E-state index contributed by atoms with van der Waals surface area (Å²) in [5.41, 5.74) is 0. The van der Waals surface area contributed by atoms with Crippen LogP contribution in [0.5, 0.6) is 0 Å². The van der Waals surface area contributed by atoms with Crippen molar-refractivity contribution in [3.8, 4) is 0 Å². The summed E-state index contributed by atoms with van der Waals surface area (Å²) in [6, 6.07) is 0. The quantitative estimate of drug-likeness (QED) is 0.366. The molecular weight excluding hydrogens is 233 g/mol. The minimum Gasteiger partial charge on any atom is -0.343 e. The maximum absolute atomic E-state index is 3.82. The molecule has 0 fully saturated rings. The number of hydrogen-bond acceptors (Lipinski definition) is 0. The second-order valence-electron chi connectivity index (χ2n) is 2.97. The average molecular weight is 254 g/mol. The van der Waals surface area contributed by atoms with Gasteiger partial charge in [0.1, 0.15) is 0 Å². The molecule has 0 rings (SSSR count). The van der Waals surface area contributed by atoms with Gasteiger partial charge in [-0.05, 0) is 0 Å². The fraction of sp³-hybridized carbons (Fsp3) is 0.900. The Bertz CT molecular complexity index is 44.8. The van der Waals surface area contributed by atoms with Gasteiger partial charge in [0.2, 0.25) is 0 Å². The summed E-state index contributed by atoms with van der Waals surface area (Å²) in [5.74, 6) is 0. The van der Waals surface area contributed by atoms with Gasteiger partial charge in [0.25, 0.3) is 0 Å². The molecule has 0 radical (unpaired) electrons. The predicted molar refractivity (Wildman–Crippen MR) is 48.0 cm³/mol. The molecule has 0 N–H and O–H groups in total. The van der Waals surface area contributed by atoms with E-state index in [9.17, 15) is 0 Å². The predicted octanol–water partition coefficient (Wildman–Crippen LogP) is 3.96. The summed E-state index contributed by atoms with van der Waals surface area (Å²) >= 11 is 0. The summed E-state index contributed by atoms with van der Waals surface area (Å²) in [6.45, 7) is 6.08. The van der Waals surface area contributed by atoms with E-state index in [1.165, 1.54) is 44.9 Å². The smallest absolute Gasteiger partial charge is 0 e. The molecule has 0 unspecified atom stereocenters. The number of rotatable bonds is 7. The van der Waals surface area contributed by atoms with Crippen LogP contribution in [0.1, 0.15) is 58.3 Å². The minimum atomic E-state index is 0. The first-order chi connectivity index (χ1) is 4.91. The summed E-state index contributed by atoms with van der Waals surface area (Å²) in [4.78, 5) is 0. The van der Waals surface area contributed by atoms with Gasteiger partial charge in [-0.15, -0.1) is 0 Å². The molecule has 0 aliphatic rings. The van der Waals surface area contributed by atoms with Crippen molar-refractivity contribution in [2.45, 2.75) is 58.3 Å². The normalized spacial score (nSPS) is 9.27. The Hall–Kier alpha value is 0.922. The molecule has 11 heavy (non-hydrogen) atoms. The van der Waals surface area contributed by atoms with Crippen molar-refractivity contribution in [2.75, 3.05) is 0 Å². The Balaban J connectivity index is 0. The van der Waals surface area contributed by atoms with Crippen molar-refractivity contribution in [2.24, 2.45) is 0 Å². The molecular formula is C10H21Cd-. The molecule has 0 aromatic heterocycles. The van der Waals surface area contributed by atoms with E-state index >= 15 is 0 Å². The van der Waals surface area contributed by atoms with Crippen molar-refractivity contribution in [3.05, 3.63) is 6.92 Å². The monoisotopic (exact) mass is 255 g/mol. The topological polar surface area (TPSA) is 0 Å². The third-order valence-corrected chi connectivity index (χ3v) is 1.85. The zero-order chi connectivity index (χ0) is 7.66. The molecule has 0 bridgehead atoms. The van der Waals surface area contributed by atoms with Gasteiger partial charge in [-0.1, -0.05) is 51.9 Å². The van der Waals surface area contributed by atoms with Crippen LogP contribution in [0.25, 0.3) is 0 Å². The van der Waals surface area contributed by atoms with Crippen molar-refractivity contribution in [1.29, 1.82) is 0 Å². The van der Waals surface area contributed by atoms with Gasteiger partial charge < -0.3 is 6.92 Å². The van der Waals surface area contributed by atoms with Gasteiger partial charge in [-0.25, -0.2) is 0 Å². The molecule has 0 nitrogen and oxygen atoms in total. The van der Waals surface area contributed by atoms with Crippen LogP contribution in [-0.2, 0) is 27.3 Å².